The van der Waals surface area contributed by atoms with E-state index in [1.807, 2.05) is 6.07 Å². The van der Waals surface area contributed by atoms with Crippen LogP contribution in [0.15, 0.2) is 24.3 Å². The van der Waals surface area contributed by atoms with Crippen LogP contribution in [0.2, 0.25) is 0 Å². The molecule has 0 amide bonds. The fraction of sp³-hybridized carbons (Fsp3) is 0.571. The molecule has 1 aliphatic heterocycles. The second-order valence-corrected chi connectivity index (χ2v) is 4.79. The minimum absolute atomic E-state index is 0.183. The average molecular weight is 252 g/mol. The summed E-state index contributed by atoms with van der Waals surface area (Å²) in [6, 6.07) is 6.75. The molecule has 1 saturated heterocycles. The molecule has 0 bridgehead atoms. The minimum atomic E-state index is -0.183. The van der Waals surface area contributed by atoms with Gasteiger partial charge in [-0.15, -0.1) is 0 Å². The number of halogens is 1. The van der Waals surface area contributed by atoms with Gasteiger partial charge in [0.1, 0.15) is 5.82 Å². The second kappa shape index (κ2) is 6.83. The van der Waals surface area contributed by atoms with E-state index < -0.39 is 0 Å². The van der Waals surface area contributed by atoms with E-state index in [1.54, 1.807) is 12.1 Å². The van der Waals surface area contributed by atoms with Gasteiger partial charge in [0.05, 0.1) is 6.10 Å². The third-order valence-electron chi connectivity index (χ3n) is 3.23. The van der Waals surface area contributed by atoms with Crippen LogP contribution in [0.1, 0.15) is 18.4 Å². The van der Waals surface area contributed by atoms with Gasteiger partial charge in [-0.25, -0.2) is 4.39 Å². The van der Waals surface area contributed by atoms with E-state index >= 15 is 0 Å². The Bertz CT molecular complexity index is 367. The summed E-state index contributed by atoms with van der Waals surface area (Å²) in [5.41, 5.74) is 6.62. The summed E-state index contributed by atoms with van der Waals surface area (Å²) in [5, 5.41) is 0. The van der Waals surface area contributed by atoms with Gasteiger partial charge in [-0.2, -0.15) is 0 Å². The molecule has 1 fully saturated rings. The Labute approximate surface area is 108 Å². The molecule has 0 radical (unpaired) electrons. The molecule has 4 heteroatoms. The van der Waals surface area contributed by atoms with Gasteiger partial charge in [-0.1, -0.05) is 12.1 Å². The van der Waals surface area contributed by atoms with E-state index in [0.29, 0.717) is 12.6 Å². The van der Waals surface area contributed by atoms with Crippen LogP contribution >= 0.6 is 0 Å². The summed E-state index contributed by atoms with van der Waals surface area (Å²) >= 11 is 0. The van der Waals surface area contributed by atoms with E-state index in [4.69, 9.17) is 10.5 Å². The number of nitrogens with two attached hydrogens (primary N) is 1. The molecule has 1 aromatic carbocycles. The van der Waals surface area contributed by atoms with Crippen molar-refractivity contribution in [1.82, 2.24) is 4.90 Å². The van der Waals surface area contributed by atoms with E-state index in [9.17, 15) is 4.39 Å². The van der Waals surface area contributed by atoms with Crippen LogP contribution in [-0.2, 0) is 11.3 Å². The molecule has 3 nitrogen and oxygen atoms in total. The minimum Gasteiger partial charge on any atom is -0.377 e. The van der Waals surface area contributed by atoms with Gasteiger partial charge in [0.25, 0.3) is 0 Å². The van der Waals surface area contributed by atoms with Gasteiger partial charge in [0, 0.05) is 32.8 Å². The maximum atomic E-state index is 13.1. The van der Waals surface area contributed by atoms with E-state index in [-0.39, 0.29) is 5.82 Å². The van der Waals surface area contributed by atoms with Gasteiger partial charge in [-0.3, -0.25) is 4.90 Å². The number of hydrogen-bond donors (Lipinski definition) is 1. The zero-order chi connectivity index (χ0) is 12.8. The first kappa shape index (κ1) is 13.5. The van der Waals surface area contributed by atoms with Crippen molar-refractivity contribution < 1.29 is 9.13 Å². The van der Waals surface area contributed by atoms with Crippen molar-refractivity contribution in [3.8, 4) is 0 Å². The fourth-order valence-corrected chi connectivity index (χ4v) is 2.39. The highest BCUT2D eigenvalue weighted by molar-refractivity contribution is 5.16. The Balaban J connectivity index is 1.92. The van der Waals surface area contributed by atoms with Crippen molar-refractivity contribution >= 4 is 0 Å². The Morgan fingerprint density at radius 1 is 1.44 bits per heavy atom. The van der Waals surface area contributed by atoms with Crippen LogP contribution in [0, 0.1) is 5.82 Å². The molecule has 100 valence electrons. The van der Waals surface area contributed by atoms with Crippen molar-refractivity contribution in [2.24, 2.45) is 5.73 Å². The molecule has 0 saturated carbocycles. The van der Waals surface area contributed by atoms with Crippen molar-refractivity contribution in [1.29, 1.82) is 0 Å². The third-order valence-corrected chi connectivity index (χ3v) is 3.23. The summed E-state index contributed by atoms with van der Waals surface area (Å²) < 4.78 is 18.8. The van der Waals surface area contributed by atoms with Crippen LogP contribution in [-0.4, -0.2) is 37.2 Å². The quantitative estimate of drug-likeness (QED) is 0.838. The van der Waals surface area contributed by atoms with Gasteiger partial charge < -0.3 is 10.5 Å². The Morgan fingerprint density at radius 2 is 2.33 bits per heavy atom. The standard InChI is InChI=1S/C14H21FN2O/c15-13-4-1-3-12(9-13)10-17(7-6-16)11-14-5-2-8-18-14/h1,3-4,9,14H,2,5-8,10-11,16H2. The van der Waals surface area contributed by atoms with Crippen molar-refractivity contribution in [3.63, 3.8) is 0 Å². The van der Waals surface area contributed by atoms with Gasteiger partial charge >= 0.3 is 0 Å². The third kappa shape index (κ3) is 4.05. The van der Waals surface area contributed by atoms with E-state index in [1.165, 1.54) is 6.07 Å². The van der Waals surface area contributed by atoms with Crippen LogP contribution in [0.25, 0.3) is 0 Å². The van der Waals surface area contributed by atoms with E-state index in [2.05, 4.69) is 4.90 Å². The molecule has 1 unspecified atom stereocenters. The van der Waals surface area contributed by atoms with Crippen molar-refractivity contribution in [2.75, 3.05) is 26.2 Å². The monoisotopic (exact) mass is 252 g/mol. The highest BCUT2D eigenvalue weighted by atomic mass is 19.1. The lowest BCUT2D eigenvalue weighted by Crippen LogP contribution is -2.35. The molecular formula is C14H21FN2O. The summed E-state index contributed by atoms with van der Waals surface area (Å²) in [5.74, 6) is -0.183. The predicted molar refractivity (Wildman–Crippen MR) is 69.7 cm³/mol. The summed E-state index contributed by atoms with van der Waals surface area (Å²) in [4.78, 5) is 2.24. The van der Waals surface area contributed by atoms with Gasteiger partial charge in [0.15, 0.2) is 0 Å². The van der Waals surface area contributed by atoms with Crippen molar-refractivity contribution in [3.05, 3.63) is 35.6 Å². The maximum absolute atomic E-state index is 13.1. The molecule has 1 aliphatic rings. The SMILES string of the molecule is NCCN(Cc1cccc(F)c1)CC1CCCO1. The van der Waals surface area contributed by atoms with E-state index in [0.717, 1.165) is 44.6 Å². The molecule has 0 aliphatic carbocycles. The molecule has 0 spiro atoms. The summed E-state index contributed by atoms with van der Waals surface area (Å²) in [7, 11) is 0. The fourth-order valence-electron chi connectivity index (χ4n) is 2.39. The number of benzene rings is 1. The number of rotatable bonds is 6. The molecule has 18 heavy (non-hydrogen) atoms. The first-order chi connectivity index (χ1) is 8.78. The Hall–Kier alpha value is -0.970. The first-order valence-electron chi connectivity index (χ1n) is 6.56. The average Bonchev–Trinajstić information content (AvgIpc) is 2.82. The van der Waals surface area contributed by atoms with Gasteiger partial charge in [0.2, 0.25) is 0 Å². The molecule has 0 aromatic heterocycles. The highest BCUT2D eigenvalue weighted by Gasteiger charge is 2.19. The van der Waals surface area contributed by atoms with Crippen molar-refractivity contribution in [2.45, 2.75) is 25.5 Å². The summed E-state index contributed by atoms with van der Waals surface area (Å²) in [6.07, 6.45) is 2.57. The van der Waals surface area contributed by atoms with Crippen LogP contribution in [0.5, 0.6) is 0 Å². The van der Waals surface area contributed by atoms with Gasteiger partial charge in [-0.05, 0) is 30.5 Å². The summed E-state index contributed by atoms with van der Waals surface area (Å²) in [6.45, 7) is 3.90. The lowest BCUT2D eigenvalue weighted by atomic mass is 10.2. The second-order valence-electron chi connectivity index (χ2n) is 4.79. The highest BCUT2D eigenvalue weighted by Crippen LogP contribution is 2.15. The lowest BCUT2D eigenvalue weighted by molar-refractivity contribution is 0.0716. The number of hydrogen-bond acceptors (Lipinski definition) is 3. The molecule has 2 rings (SSSR count). The normalized spacial score (nSPS) is 19.6. The predicted octanol–water partition coefficient (Wildman–Crippen LogP) is 1.77. The zero-order valence-electron chi connectivity index (χ0n) is 10.6. The topological polar surface area (TPSA) is 38.5 Å². The smallest absolute Gasteiger partial charge is 0.123 e. The van der Waals surface area contributed by atoms with Crippen LogP contribution < -0.4 is 5.73 Å². The zero-order valence-corrected chi connectivity index (χ0v) is 10.6. The molecular weight excluding hydrogens is 231 g/mol. The lowest BCUT2D eigenvalue weighted by Gasteiger charge is -2.24. The molecule has 1 heterocycles. The Morgan fingerprint density at radius 3 is 3.00 bits per heavy atom. The Kier molecular flexibility index (Phi) is 5.11. The van der Waals surface area contributed by atoms with Crippen LogP contribution in [0.3, 0.4) is 0 Å². The number of ether oxygens (including phenoxy) is 1. The first-order valence-corrected chi connectivity index (χ1v) is 6.56. The molecule has 1 aromatic rings. The maximum Gasteiger partial charge on any atom is 0.123 e. The molecule has 1 atom stereocenters. The molecule has 2 N–H and O–H groups in total. The number of nitrogens with zero attached hydrogens (tertiary/aromatic N) is 1. The van der Waals surface area contributed by atoms with Crippen LogP contribution in [0.4, 0.5) is 4.39 Å². The largest absolute Gasteiger partial charge is 0.377 e.